The molecule has 0 N–H and O–H groups in total. The van der Waals surface area contributed by atoms with E-state index in [2.05, 4.69) is 84.2 Å². The molecular formula is C25H34S2. The van der Waals surface area contributed by atoms with Crippen LogP contribution in [0, 0.1) is 0 Å². The topological polar surface area (TPSA) is 0 Å². The summed E-state index contributed by atoms with van der Waals surface area (Å²) in [6.07, 6.45) is 15.4. The molecule has 0 amide bonds. The molecule has 1 saturated carbocycles. The molecule has 0 saturated heterocycles. The zero-order valence-corrected chi connectivity index (χ0v) is 18.2. The number of rotatable bonds is 4. The molecule has 1 fully saturated rings. The Morgan fingerprint density at radius 1 is 0.444 bits per heavy atom. The lowest BCUT2D eigenvalue weighted by atomic mass is 10.1. The van der Waals surface area contributed by atoms with Gasteiger partial charge in [0, 0.05) is 20.3 Å². The minimum absolute atomic E-state index is 0.808. The Kier molecular flexibility index (Phi) is 9.71. The summed E-state index contributed by atoms with van der Waals surface area (Å²) in [4.78, 5) is 2.90. The third-order valence-electron chi connectivity index (χ3n) is 5.45. The van der Waals surface area contributed by atoms with Crippen LogP contribution in [0.5, 0.6) is 0 Å². The van der Waals surface area contributed by atoms with E-state index in [1.807, 2.05) is 0 Å². The standard InChI is InChI=1S/C25H34S2/c1-2-7-15-23(27-25-20-12-5-13-21-25)17-9-3-8-16-22(14-6-1)26-24-18-10-4-11-19-24/h4-5,10-13,18-23H,1-3,6-9,14-17H2. The van der Waals surface area contributed by atoms with Crippen molar-refractivity contribution in [2.24, 2.45) is 0 Å². The van der Waals surface area contributed by atoms with Gasteiger partial charge in [-0.05, 0) is 49.9 Å². The smallest absolute Gasteiger partial charge is 0.00944 e. The second-order valence-electron chi connectivity index (χ2n) is 7.74. The van der Waals surface area contributed by atoms with E-state index in [1.54, 1.807) is 0 Å². The van der Waals surface area contributed by atoms with Crippen molar-refractivity contribution in [2.45, 2.75) is 90.9 Å². The van der Waals surface area contributed by atoms with Gasteiger partial charge in [0.15, 0.2) is 0 Å². The van der Waals surface area contributed by atoms with E-state index < -0.39 is 0 Å². The summed E-state index contributed by atoms with van der Waals surface area (Å²) in [6.45, 7) is 0. The van der Waals surface area contributed by atoms with Gasteiger partial charge in [0.2, 0.25) is 0 Å². The van der Waals surface area contributed by atoms with Crippen LogP contribution in [0.1, 0.15) is 70.6 Å². The predicted molar refractivity (Wildman–Crippen MR) is 123 cm³/mol. The van der Waals surface area contributed by atoms with Crippen molar-refractivity contribution in [1.82, 2.24) is 0 Å². The van der Waals surface area contributed by atoms with Crippen LogP contribution >= 0.6 is 23.5 Å². The van der Waals surface area contributed by atoms with E-state index in [4.69, 9.17) is 0 Å². The van der Waals surface area contributed by atoms with E-state index in [1.165, 1.54) is 80.4 Å². The highest BCUT2D eigenvalue weighted by Gasteiger charge is 2.14. The first kappa shape index (κ1) is 20.9. The van der Waals surface area contributed by atoms with Crippen LogP contribution in [0.25, 0.3) is 0 Å². The molecule has 1 aliphatic carbocycles. The molecule has 0 bridgehead atoms. The molecule has 1 aliphatic rings. The van der Waals surface area contributed by atoms with Crippen molar-refractivity contribution in [1.29, 1.82) is 0 Å². The fourth-order valence-corrected chi connectivity index (χ4v) is 6.46. The molecule has 0 aliphatic heterocycles. The van der Waals surface area contributed by atoms with Crippen molar-refractivity contribution >= 4 is 23.5 Å². The molecule has 0 aromatic heterocycles. The first-order chi connectivity index (χ1) is 13.4. The van der Waals surface area contributed by atoms with Gasteiger partial charge >= 0.3 is 0 Å². The number of hydrogen-bond donors (Lipinski definition) is 0. The molecule has 2 atom stereocenters. The van der Waals surface area contributed by atoms with Gasteiger partial charge in [0.05, 0.1) is 0 Å². The summed E-state index contributed by atoms with van der Waals surface area (Å²) in [5.41, 5.74) is 0. The molecule has 2 heteroatoms. The Morgan fingerprint density at radius 2 is 0.778 bits per heavy atom. The zero-order chi connectivity index (χ0) is 18.6. The van der Waals surface area contributed by atoms with Crippen molar-refractivity contribution in [2.75, 3.05) is 0 Å². The molecule has 2 aromatic carbocycles. The molecule has 0 radical (unpaired) electrons. The van der Waals surface area contributed by atoms with E-state index in [-0.39, 0.29) is 0 Å². The molecule has 0 spiro atoms. The molecule has 27 heavy (non-hydrogen) atoms. The zero-order valence-electron chi connectivity index (χ0n) is 16.5. The second kappa shape index (κ2) is 12.6. The normalized spacial score (nSPS) is 23.0. The van der Waals surface area contributed by atoms with Gasteiger partial charge in [0.1, 0.15) is 0 Å². The molecule has 0 nitrogen and oxygen atoms in total. The third kappa shape index (κ3) is 8.35. The maximum absolute atomic E-state index is 2.28. The molecule has 146 valence electrons. The van der Waals surface area contributed by atoms with E-state index in [9.17, 15) is 0 Å². The predicted octanol–water partition coefficient (Wildman–Crippen LogP) is 8.61. The number of hydrogen-bond acceptors (Lipinski definition) is 2. The molecule has 3 rings (SSSR count). The summed E-state index contributed by atoms with van der Waals surface area (Å²) in [7, 11) is 0. The lowest BCUT2D eigenvalue weighted by Gasteiger charge is -2.17. The minimum atomic E-state index is 0.808. The Morgan fingerprint density at radius 3 is 1.15 bits per heavy atom. The Labute approximate surface area is 174 Å². The van der Waals surface area contributed by atoms with Crippen LogP contribution < -0.4 is 0 Å². The fourth-order valence-electron chi connectivity index (χ4n) is 3.93. The summed E-state index contributed by atoms with van der Waals surface area (Å²) < 4.78 is 0. The lowest BCUT2D eigenvalue weighted by molar-refractivity contribution is 0.571. The van der Waals surface area contributed by atoms with E-state index in [0.29, 0.717) is 0 Å². The largest absolute Gasteiger partial charge is 0.123 e. The van der Waals surface area contributed by atoms with E-state index >= 15 is 0 Å². The van der Waals surface area contributed by atoms with Crippen molar-refractivity contribution in [3.8, 4) is 0 Å². The minimum Gasteiger partial charge on any atom is -0.123 e. The van der Waals surface area contributed by atoms with E-state index in [0.717, 1.165) is 10.5 Å². The molecule has 2 aromatic rings. The summed E-state index contributed by atoms with van der Waals surface area (Å²) in [5.74, 6) is 0. The van der Waals surface area contributed by atoms with Crippen molar-refractivity contribution in [3.63, 3.8) is 0 Å². The van der Waals surface area contributed by atoms with Gasteiger partial charge < -0.3 is 0 Å². The Hall–Kier alpha value is -0.860. The van der Waals surface area contributed by atoms with Gasteiger partial charge in [-0.25, -0.2) is 0 Å². The van der Waals surface area contributed by atoms with Crippen LogP contribution in [0.15, 0.2) is 70.5 Å². The van der Waals surface area contributed by atoms with Crippen molar-refractivity contribution in [3.05, 3.63) is 60.7 Å². The average molecular weight is 399 g/mol. The molecular weight excluding hydrogens is 364 g/mol. The van der Waals surface area contributed by atoms with Crippen LogP contribution in [0.4, 0.5) is 0 Å². The van der Waals surface area contributed by atoms with Gasteiger partial charge in [0.25, 0.3) is 0 Å². The maximum atomic E-state index is 2.28. The monoisotopic (exact) mass is 398 g/mol. The van der Waals surface area contributed by atoms with Crippen LogP contribution in [0.3, 0.4) is 0 Å². The second-order valence-corrected chi connectivity index (χ2v) is 10.5. The highest BCUT2D eigenvalue weighted by molar-refractivity contribution is 8.00. The van der Waals surface area contributed by atoms with Gasteiger partial charge in [-0.3, -0.25) is 0 Å². The number of benzene rings is 2. The molecule has 2 unspecified atom stereocenters. The summed E-state index contributed by atoms with van der Waals surface area (Å²) in [6, 6.07) is 22.0. The average Bonchev–Trinajstić information content (AvgIpc) is 2.72. The van der Waals surface area contributed by atoms with Crippen LogP contribution in [0.2, 0.25) is 0 Å². The maximum Gasteiger partial charge on any atom is 0.00944 e. The Bertz CT molecular complexity index is 555. The first-order valence-electron chi connectivity index (χ1n) is 10.8. The highest BCUT2D eigenvalue weighted by Crippen LogP contribution is 2.33. The van der Waals surface area contributed by atoms with Gasteiger partial charge in [-0.2, -0.15) is 0 Å². The molecule has 0 heterocycles. The van der Waals surface area contributed by atoms with Crippen molar-refractivity contribution < 1.29 is 0 Å². The lowest BCUT2D eigenvalue weighted by Crippen LogP contribution is -2.03. The third-order valence-corrected chi connectivity index (χ3v) is 8.14. The highest BCUT2D eigenvalue weighted by atomic mass is 32.2. The Balaban J connectivity index is 1.48. The first-order valence-corrected chi connectivity index (χ1v) is 12.6. The quantitative estimate of drug-likeness (QED) is 0.505. The summed E-state index contributed by atoms with van der Waals surface area (Å²) in [5, 5.41) is 1.62. The SMILES string of the molecule is c1ccc(SC2CCCCCCC(Sc3ccccc3)CCCCC2)cc1. The number of thioether (sulfide) groups is 2. The van der Waals surface area contributed by atoms with Gasteiger partial charge in [-0.1, -0.05) is 81.3 Å². The van der Waals surface area contributed by atoms with Crippen LogP contribution in [-0.2, 0) is 0 Å². The van der Waals surface area contributed by atoms with Gasteiger partial charge in [-0.15, -0.1) is 23.5 Å². The fraction of sp³-hybridized carbons (Fsp3) is 0.520. The van der Waals surface area contributed by atoms with Crippen LogP contribution in [-0.4, -0.2) is 10.5 Å². The summed E-state index contributed by atoms with van der Waals surface area (Å²) >= 11 is 4.24.